The second-order valence-corrected chi connectivity index (χ2v) is 6.66. The van der Waals surface area contributed by atoms with Crippen molar-refractivity contribution in [3.05, 3.63) is 72.2 Å². The zero-order valence-corrected chi connectivity index (χ0v) is 14.7. The lowest BCUT2D eigenvalue weighted by Gasteiger charge is -2.21. The van der Waals surface area contributed by atoms with E-state index in [1.165, 1.54) is 12.1 Å². The van der Waals surface area contributed by atoms with Gasteiger partial charge in [-0.05, 0) is 17.7 Å². The van der Waals surface area contributed by atoms with Crippen LogP contribution in [0.2, 0.25) is 0 Å². The number of benzene rings is 2. The minimum atomic E-state index is -0.604. The molecule has 3 aromatic rings. The van der Waals surface area contributed by atoms with E-state index >= 15 is 0 Å². The van der Waals surface area contributed by atoms with Gasteiger partial charge in [0.25, 0.3) is 0 Å². The van der Waals surface area contributed by atoms with Gasteiger partial charge in [0.15, 0.2) is 0 Å². The number of halogens is 1. The Labute approximate surface area is 156 Å². The number of nitrogens with one attached hydrogen (secondary N) is 1. The molecule has 2 aromatic carbocycles. The Hall–Kier alpha value is -2.61. The summed E-state index contributed by atoms with van der Waals surface area (Å²) >= 11 is 0. The molecule has 1 aromatic heterocycles. The highest BCUT2D eigenvalue weighted by Crippen LogP contribution is 2.19. The molecule has 1 fully saturated rings. The lowest BCUT2D eigenvalue weighted by molar-refractivity contribution is 0.0741. The summed E-state index contributed by atoms with van der Waals surface area (Å²) in [6.45, 7) is 1.28. The van der Waals surface area contributed by atoms with Crippen LogP contribution in [-0.4, -0.2) is 45.0 Å². The Balaban J connectivity index is 1.40. The van der Waals surface area contributed by atoms with E-state index in [1.807, 2.05) is 36.5 Å². The summed E-state index contributed by atoms with van der Waals surface area (Å²) < 4.78 is 20.5. The Kier molecular flexibility index (Phi) is 5.24. The second-order valence-electron chi connectivity index (χ2n) is 6.66. The van der Waals surface area contributed by atoms with Crippen molar-refractivity contribution in [2.24, 2.45) is 0 Å². The predicted octanol–water partition coefficient (Wildman–Crippen LogP) is 2.00. The Morgan fingerprint density at radius 1 is 1.15 bits per heavy atom. The first kappa shape index (κ1) is 17.8. The van der Waals surface area contributed by atoms with Crippen molar-refractivity contribution >= 4 is 0 Å². The molecule has 0 aliphatic carbocycles. The van der Waals surface area contributed by atoms with Gasteiger partial charge in [-0.1, -0.05) is 47.7 Å². The van der Waals surface area contributed by atoms with Crippen molar-refractivity contribution in [3.63, 3.8) is 0 Å². The normalized spacial score (nSPS) is 22.2. The number of aliphatic hydroxyl groups excluding tert-OH is 1. The number of hydrogen-bond acceptors (Lipinski definition) is 5. The van der Waals surface area contributed by atoms with Crippen molar-refractivity contribution in [3.8, 4) is 11.3 Å². The van der Waals surface area contributed by atoms with Crippen molar-refractivity contribution in [1.82, 2.24) is 20.3 Å². The molecule has 0 bridgehead atoms. The van der Waals surface area contributed by atoms with Gasteiger partial charge in [-0.15, -0.1) is 5.10 Å². The molecule has 7 heteroatoms. The summed E-state index contributed by atoms with van der Waals surface area (Å²) in [5.41, 5.74) is 2.74. The fraction of sp³-hybridized carbons (Fsp3) is 0.300. The predicted molar refractivity (Wildman–Crippen MR) is 98.2 cm³/mol. The molecule has 0 spiro atoms. The Bertz CT molecular complexity index is 869. The largest absolute Gasteiger partial charge is 0.389 e. The molecule has 1 aliphatic heterocycles. The number of aromatic nitrogens is 3. The molecular formula is C20H21FN4O2. The zero-order chi connectivity index (χ0) is 18.6. The second kappa shape index (κ2) is 7.96. The molecular weight excluding hydrogens is 347 g/mol. The van der Waals surface area contributed by atoms with E-state index in [9.17, 15) is 9.50 Å². The smallest absolute Gasteiger partial charge is 0.123 e. The number of aliphatic hydroxyl groups is 1. The first-order valence-corrected chi connectivity index (χ1v) is 8.92. The van der Waals surface area contributed by atoms with Gasteiger partial charge in [0.05, 0.1) is 37.6 Å². The molecule has 0 unspecified atom stereocenters. The molecule has 6 nitrogen and oxygen atoms in total. The molecule has 2 heterocycles. The van der Waals surface area contributed by atoms with Gasteiger partial charge >= 0.3 is 0 Å². The molecule has 2 N–H and O–H groups in total. The van der Waals surface area contributed by atoms with Gasteiger partial charge in [-0.2, -0.15) is 0 Å². The summed E-state index contributed by atoms with van der Waals surface area (Å²) in [5.74, 6) is -0.263. The van der Waals surface area contributed by atoms with Crippen LogP contribution in [0, 0.1) is 5.82 Å². The van der Waals surface area contributed by atoms with E-state index in [2.05, 4.69) is 15.6 Å². The van der Waals surface area contributed by atoms with Gasteiger partial charge in [0.2, 0.25) is 0 Å². The van der Waals surface area contributed by atoms with Crippen molar-refractivity contribution in [2.75, 3.05) is 6.61 Å². The molecule has 27 heavy (non-hydrogen) atoms. The Morgan fingerprint density at radius 2 is 1.93 bits per heavy atom. The quantitative estimate of drug-likeness (QED) is 0.696. The lowest BCUT2D eigenvalue weighted by atomic mass is 10.1. The summed E-state index contributed by atoms with van der Waals surface area (Å²) in [7, 11) is 0. The lowest BCUT2D eigenvalue weighted by Crippen LogP contribution is -2.45. The topological polar surface area (TPSA) is 72.2 Å². The minimum absolute atomic E-state index is 0.231. The van der Waals surface area contributed by atoms with Crippen LogP contribution in [0.1, 0.15) is 5.56 Å². The van der Waals surface area contributed by atoms with Crippen LogP contribution < -0.4 is 5.32 Å². The fourth-order valence-electron chi connectivity index (χ4n) is 3.26. The molecule has 0 radical (unpaired) electrons. The first-order chi connectivity index (χ1) is 13.2. The fourth-order valence-corrected chi connectivity index (χ4v) is 3.26. The highest BCUT2D eigenvalue weighted by atomic mass is 19.1. The van der Waals surface area contributed by atoms with E-state index in [-0.39, 0.29) is 24.6 Å². The van der Waals surface area contributed by atoms with Gasteiger partial charge in [-0.25, -0.2) is 9.07 Å². The number of nitrogens with zero attached hydrogens (tertiary/aromatic N) is 3. The van der Waals surface area contributed by atoms with E-state index in [4.69, 9.17) is 4.74 Å². The molecule has 140 valence electrons. The SMILES string of the molecule is O[C@H]1CO[C@H](Cn2cc(-c3ccccc3)nn2)[C@@H]1NCc1ccc(F)cc1. The van der Waals surface area contributed by atoms with Gasteiger partial charge in [0.1, 0.15) is 11.5 Å². The summed E-state index contributed by atoms with van der Waals surface area (Å²) in [6, 6.07) is 15.9. The number of rotatable bonds is 6. The van der Waals surface area contributed by atoms with Gasteiger partial charge in [-0.3, -0.25) is 0 Å². The molecule has 0 amide bonds. The van der Waals surface area contributed by atoms with Crippen LogP contribution in [0.15, 0.2) is 60.8 Å². The van der Waals surface area contributed by atoms with Crippen LogP contribution in [0.4, 0.5) is 4.39 Å². The molecule has 0 saturated carbocycles. The van der Waals surface area contributed by atoms with E-state index < -0.39 is 6.10 Å². The third-order valence-electron chi connectivity index (χ3n) is 4.73. The maximum absolute atomic E-state index is 13.0. The third kappa shape index (κ3) is 4.21. The summed E-state index contributed by atoms with van der Waals surface area (Å²) in [6.07, 6.45) is 1.04. The summed E-state index contributed by atoms with van der Waals surface area (Å²) in [4.78, 5) is 0. The summed E-state index contributed by atoms with van der Waals surface area (Å²) in [5, 5.41) is 22.0. The zero-order valence-electron chi connectivity index (χ0n) is 14.7. The number of ether oxygens (including phenoxy) is 1. The average molecular weight is 368 g/mol. The van der Waals surface area contributed by atoms with E-state index in [0.717, 1.165) is 16.8 Å². The van der Waals surface area contributed by atoms with Crippen molar-refractivity contribution < 1.29 is 14.2 Å². The molecule has 1 aliphatic rings. The van der Waals surface area contributed by atoms with E-state index in [0.29, 0.717) is 13.1 Å². The van der Waals surface area contributed by atoms with Crippen molar-refractivity contribution in [2.45, 2.75) is 31.3 Å². The highest BCUT2D eigenvalue weighted by Gasteiger charge is 2.36. The van der Waals surface area contributed by atoms with Crippen molar-refractivity contribution in [1.29, 1.82) is 0 Å². The Morgan fingerprint density at radius 3 is 2.70 bits per heavy atom. The minimum Gasteiger partial charge on any atom is -0.389 e. The highest BCUT2D eigenvalue weighted by molar-refractivity contribution is 5.57. The first-order valence-electron chi connectivity index (χ1n) is 8.92. The van der Waals surface area contributed by atoms with E-state index in [1.54, 1.807) is 16.8 Å². The third-order valence-corrected chi connectivity index (χ3v) is 4.73. The average Bonchev–Trinajstić information content (AvgIpc) is 3.30. The van der Waals surface area contributed by atoms with Crippen LogP contribution in [0.5, 0.6) is 0 Å². The van der Waals surface area contributed by atoms with Crippen LogP contribution in [0.3, 0.4) is 0 Å². The molecule has 3 atom stereocenters. The maximum Gasteiger partial charge on any atom is 0.123 e. The van der Waals surface area contributed by atoms with Gasteiger partial charge < -0.3 is 15.2 Å². The van der Waals surface area contributed by atoms with Crippen LogP contribution in [0.25, 0.3) is 11.3 Å². The standard InChI is InChI=1S/C20H21FN4O2/c21-16-8-6-14(7-9-16)10-22-20-18(26)13-27-19(20)12-25-11-17(23-24-25)15-4-2-1-3-5-15/h1-9,11,18-20,22,26H,10,12-13H2/t18-,19+,20+/m0/s1. The van der Waals surface area contributed by atoms with Crippen LogP contribution >= 0.6 is 0 Å². The monoisotopic (exact) mass is 368 g/mol. The van der Waals surface area contributed by atoms with Crippen LogP contribution in [-0.2, 0) is 17.8 Å². The molecule has 1 saturated heterocycles. The number of hydrogen-bond donors (Lipinski definition) is 2. The van der Waals surface area contributed by atoms with Gasteiger partial charge in [0, 0.05) is 12.1 Å². The maximum atomic E-state index is 13.0. The molecule has 4 rings (SSSR count).